The fourth-order valence-corrected chi connectivity index (χ4v) is 2.45. The number of nitrogens with zero attached hydrogens (tertiary/aromatic N) is 2. The van der Waals surface area contributed by atoms with Crippen molar-refractivity contribution >= 4 is 10.9 Å². The second-order valence-corrected chi connectivity index (χ2v) is 4.65. The van der Waals surface area contributed by atoms with Crippen molar-refractivity contribution in [2.24, 2.45) is 0 Å². The first-order chi connectivity index (χ1) is 9.92. The number of imidazole rings is 1. The summed E-state index contributed by atoms with van der Waals surface area (Å²) in [5.74, 6) is 0.887. The molecule has 2 heterocycles. The van der Waals surface area contributed by atoms with Gasteiger partial charge in [0.05, 0.1) is 11.7 Å². The van der Waals surface area contributed by atoms with Crippen LogP contribution in [0.4, 0.5) is 0 Å². The van der Waals surface area contributed by atoms with E-state index in [1.54, 1.807) is 6.20 Å². The van der Waals surface area contributed by atoms with Crippen LogP contribution >= 0.6 is 0 Å². The highest BCUT2D eigenvalue weighted by atomic mass is 15.1. The Morgan fingerprint density at radius 2 is 1.75 bits per heavy atom. The molecule has 0 amide bonds. The van der Waals surface area contributed by atoms with Crippen molar-refractivity contribution in [2.75, 3.05) is 0 Å². The third kappa shape index (κ3) is 1.70. The van der Waals surface area contributed by atoms with Crippen LogP contribution in [0.25, 0.3) is 33.4 Å². The van der Waals surface area contributed by atoms with Crippen LogP contribution in [0, 0.1) is 0 Å². The van der Waals surface area contributed by atoms with Crippen molar-refractivity contribution in [3.8, 4) is 22.5 Å². The maximum Gasteiger partial charge on any atom is 0.137 e. The summed E-state index contributed by atoms with van der Waals surface area (Å²) in [5.41, 5.74) is 4.49. The van der Waals surface area contributed by atoms with Crippen LogP contribution in [0.1, 0.15) is 0 Å². The molecule has 0 aliphatic rings. The number of nitrogens with one attached hydrogen (secondary N) is 2. The summed E-state index contributed by atoms with van der Waals surface area (Å²) >= 11 is 0. The maximum absolute atomic E-state index is 4.26. The first kappa shape index (κ1) is 11.0. The number of benzene rings is 2. The number of aromatic amines is 2. The second-order valence-electron chi connectivity index (χ2n) is 4.65. The fourth-order valence-electron chi connectivity index (χ4n) is 2.45. The van der Waals surface area contributed by atoms with Gasteiger partial charge in [-0.3, -0.25) is 5.10 Å². The van der Waals surface area contributed by atoms with Gasteiger partial charge in [0, 0.05) is 23.3 Å². The Kier molecular flexibility index (Phi) is 2.39. The Balaban J connectivity index is 1.81. The Bertz CT molecular complexity index is 842. The average molecular weight is 260 g/mol. The topological polar surface area (TPSA) is 57.4 Å². The number of fused-ring (bicyclic) bond motifs is 1. The molecule has 0 spiro atoms. The Morgan fingerprint density at radius 1 is 0.900 bits per heavy atom. The number of aromatic nitrogens is 4. The molecular weight excluding hydrogens is 248 g/mol. The number of hydrogen-bond donors (Lipinski definition) is 2. The first-order valence-corrected chi connectivity index (χ1v) is 6.44. The highest BCUT2D eigenvalue weighted by Gasteiger charge is 2.06. The van der Waals surface area contributed by atoms with Crippen molar-refractivity contribution in [2.45, 2.75) is 0 Å². The third-order valence-electron chi connectivity index (χ3n) is 3.45. The van der Waals surface area contributed by atoms with Gasteiger partial charge >= 0.3 is 0 Å². The second kappa shape index (κ2) is 4.35. The van der Waals surface area contributed by atoms with Crippen molar-refractivity contribution < 1.29 is 0 Å². The minimum absolute atomic E-state index is 0.887. The van der Waals surface area contributed by atoms with Crippen LogP contribution in [0.5, 0.6) is 0 Å². The van der Waals surface area contributed by atoms with E-state index in [4.69, 9.17) is 0 Å². The van der Waals surface area contributed by atoms with E-state index in [0.717, 1.165) is 22.3 Å². The number of hydrogen-bond acceptors (Lipinski definition) is 2. The lowest BCUT2D eigenvalue weighted by molar-refractivity contribution is 1.12. The normalized spacial score (nSPS) is 11.0. The standard InChI is InChI=1S/C16H12N4/c1-2-13(14-10-19-20-15(14)3-1)11-4-6-12(7-5-11)16-17-8-9-18-16/h1-10H,(H,17,18)(H,19,20). The molecule has 4 heteroatoms. The van der Waals surface area contributed by atoms with Gasteiger partial charge in [-0.2, -0.15) is 5.10 Å². The van der Waals surface area contributed by atoms with E-state index >= 15 is 0 Å². The molecule has 0 radical (unpaired) electrons. The van der Waals surface area contributed by atoms with Crippen molar-refractivity contribution in [1.29, 1.82) is 0 Å². The molecule has 0 saturated carbocycles. The van der Waals surface area contributed by atoms with Crippen molar-refractivity contribution in [3.63, 3.8) is 0 Å². The zero-order chi connectivity index (χ0) is 13.4. The van der Waals surface area contributed by atoms with Crippen LogP contribution < -0.4 is 0 Å². The van der Waals surface area contributed by atoms with E-state index in [0.29, 0.717) is 0 Å². The lowest BCUT2D eigenvalue weighted by Crippen LogP contribution is -1.82. The molecule has 0 aliphatic carbocycles. The van der Waals surface area contributed by atoms with Crippen LogP contribution in [-0.2, 0) is 0 Å². The number of H-pyrrole nitrogens is 2. The van der Waals surface area contributed by atoms with Gasteiger partial charge in [0.1, 0.15) is 5.82 Å². The molecule has 96 valence electrons. The largest absolute Gasteiger partial charge is 0.345 e. The molecule has 0 fully saturated rings. The molecule has 0 atom stereocenters. The maximum atomic E-state index is 4.26. The molecule has 20 heavy (non-hydrogen) atoms. The van der Waals surface area contributed by atoms with Crippen LogP contribution in [0.3, 0.4) is 0 Å². The van der Waals surface area contributed by atoms with E-state index in [9.17, 15) is 0 Å². The van der Waals surface area contributed by atoms with E-state index in [2.05, 4.69) is 50.5 Å². The van der Waals surface area contributed by atoms with Gasteiger partial charge in [-0.1, -0.05) is 36.4 Å². The van der Waals surface area contributed by atoms with E-state index in [1.165, 1.54) is 11.1 Å². The van der Waals surface area contributed by atoms with Gasteiger partial charge in [0.15, 0.2) is 0 Å². The highest BCUT2D eigenvalue weighted by Crippen LogP contribution is 2.28. The van der Waals surface area contributed by atoms with Crippen molar-refractivity contribution in [3.05, 3.63) is 61.1 Å². The van der Waals surface area contributed by atoms with Crippen LogP contribution in [0.15, 0.2) is 61.1 Å². The van der Waals surface area contributed by atoms with Gasteiger partial charge in [0.25, 0.3) is 0 Å². The smallest absolute Gasteiger partial charge is 0.137 e. The van der Waals surface area contributed by atoms with Gasteiger partial charge in [0.2, 0.25) is 0 Å². The van der Waals surface area contributed by atoms with Crippen LogP contribution in [-0.4, -0.2) is 20.2 Å². The summed E-state index contributed by atoms with van der Waals surface area (Å²) in [7, 11) is 0. The highest BCUT2D eigenvalue weighted by molar-refractivity contribution is 5.94. The number of rotatable bonds is 2. The molecule has 2 aromatic heterocycles. The Morgan fingerprint density at radius 3 is 2.55 bits per heavy atom. The molecule has 0 aliphatic heterocycles. The van der Waals surface area contributed by atoms with Gasteiger partial charge in [-0.25, -0.2) is 4.98 Å². The lowest BCUT2D eigenvalue weighted by atomic mass is 10.0. The van der Waals surface area contributed by atoms with Crippen LogP contribution in [0.2, 0.25) is 0 Å². The quantitative estimate of drug-likeness (QED) is 0.578. The molecule has 4 rings (SSSR count). The van der Waals surface area contributed by atoms with E-state index in [-0.39, 0.29) is 0 Å². The summed E-state index contributed by atoms with van der Waals surface area (Å²) in [4.78, 5) is 7.37. The zero-order valence-electron chi connectivity index (χ0n) is 10.7. The molecule has 2 aromatic carbocycles. The fraction of sp³-hybridized carbons (Fsp3) is 0. The summed E-state index contributed by atoms with van der Waals surface area (Å²) in [6.45, 7) is 0. The minimum atomic E-state index is 0.887. The molecular formula is C16H12N4. The summed E-state index contributed by atoms with van der Waals surface area (Å²) in [5, 5.41) is 8.24. The van der Waals surface area contributed by atoms with Gasteiger partial charge < -0.3 is 4.98 Å². The summed E-state index contributed by atoms with van der Waals surface area (Å²) < 4.78 is 0. The molecule has 0 saturated heterocycles. The molecule has 2 N–H and O–H groups in total. The zero-order valence-corrected chi connectivity index (χ0v) is 10.7. The molecule has 0 unspecified atom stereocenters. The van der Waals surface area contributed by atoms with Gasteiger partial charge in [-0.05, 0) is 17.2 Å². The Hall–Kier alpha value is -2.88. The first-order valence-electron chi connectivity index (χ1n) is 6.44. The molecule has 4 nitrogen and oxygen atoms in total. The average Bonchev–Trinajstić information content (AvgIpc) is 3.18. The molecule has 4 aromatic rings. The molecule has 0 bridgehead atoms. The van der Waals surface area contributed by atoms with E-state index < -0.39 is 0 Å². The van der Waals surface area contributed by atoms with Gasteiger partial charge in [-0.15, -0.1) is 0 Å². The predicted molar refractivity (Wildman–Crippen MR) is 79.1 cm³/mol. The Labute approximate surface area is 115 Å². The minimum Gasteiger partial charge on any atom is -0.345 e. The SMILES string of the molecule is c1cc(-c2ccc(-c3ncc[nH]3)cc2)c2cn[nH]c2c1. The summed E-state index contributed by atoms with van der Waals surface area (Å²) in [6.07, 6.45) is 5.45. The monoisotopic (exact) mass is 260 g/mol. The predicted octanol–water partition coefficient (Wildman–Crippen LogP) is 3.62. The lowest BCUT2D eigenvalue weighted by Gasteiger charge is -2.04. The van der Waals surface area contributed by atoms with E-state index in [1.807, 2.05) is 24.5 Å². The summed E-state index contributed by atoms with van der Waals surface area (Å²) in [6, 6.07) is 14.6. The third-order valence-corrected chi connectivity index (χ3v) is 3.45. The van der Waals surface area contributed by atoms with Crippen molar-refractivity contribution in [1.82, 2.24) is 20.2 Å².